The third-order valence-corrected chi connectivity index (χ3v) is 15.9. The molecule has 1 aromatic rings. The van der Waals surface area contributed by atoms with Gasteiger partial charge >= 0.3 is 11.9 Å². The van der Waals surface area contributed by atoms with Crippen LogP contribution in [0.15, 0.2) is 24.3 Å². The van der Waals surface area contributed by atoms with Gasteiger partial charge in [0.1, 0.15) is 25.0 Å². The highest BCUT2D eigenvalue weighted by Gasteiger charge is 2.31. The maximum atomic E-state index is 13.1. The predicted octanol–water partition coefficient (Wildman–Crippen LogP) is 7.76. The molecule has 85 heavy (non-hydrogen) atoms. The van der Waals surface area contributed by atoms with Gasteiger partial charge in [-0.15, -0.1) is 0 Å². The average Bonchev–Trinajstić information content (AvgIpc) is 3.48. The van der Waals surface area contributed by atoms with E-state index < -0.39 is 29.8 Å². The van der Waals surface area contributed by atoms with Crippen LogP contribution in [-0.4, -0.2) is 148 Å². The largest absolute Gasteiger partial charge is 0.481 e. The number of rotatable bonds is 54. The van der Waals surface area contributed by atoms with Gasteiger partial charge in [0, 0.05) is 75.5 Å². The SMILES string of the molecule is Cc1ccc(C(CC(=O)[C@@H](C)CCCCNC(=O)COCCOCCNC(=O)COCCOCCNC(=O)CCC(NC(=O)C2CCC(CNC(=O)CCCCCCCCCCCCCCCCCCC(=O)O)CC2)C(=O)O)[C@H](C)C(N)=O)cc1. The number of hydrogen-bond acceptors (Lipinski definition) is 13. The molecule has 4 atom stereocenters. The summed E-state index contributed by atoms with van der Waals surface area (Å²) in [7, 11) is 0. The summed E-state index contributed by atoms with van der Waals surface area (Å²) in [6.07, 6.45) is 24.4. The van der Waals surface area contributed by atoms with E-state index in [1.165, 1.54) is 64.2 Å². The molecule has 0 aliphatic heterocycles. The summed E-state index contributed by atoms with van der Waals surface area (Å²) >= 11 is 0. The first-order valence-corrected chi connectivity index (χ1v) is 32.0. The summed E-state index contributed by atoms with van der Waals surface area (Å²) in [6, 6.07) is 6.63. The molecule has 2 rings (SSSR count). The number of ketones is 1. The van der Waals surface area contributed by atoms with Gasteiger partial charge < -0.3 is 61.5 Å². The minimum absolute atomic E-state index is 0.0641. The molecule has 6 amide bonds. The Morgan fingerprint density at radius 1 is 0.529 bits per heavy atom. The number of ether oxygens (including phenoxy) is 4. The lowest BCUT2D eigenvalue weighted by Crippen LogP contribution is -2.45. The number of amides is 6. The topological polar surface area (TPSA) is 317 Å². The Bertz CT molecular complexity index is 2050. The molecule has 0 heterocycles. The molecule has 1 aliphatic carbocycles. The van der Waals surface area contributed by atoms with Crippen LogP contribution in [0, 0.1) is 30.6 Å². The van der Waals surface area contributed by atoms with Crippen molar-refractivity contribution < 1.29 is 72.3 Å². The minimum Gasteiger partial charge on any atom is -0.481 e. The van der Waals surface area contributed by atoms with Crippen LogP contribution in [-0.2, 0) is 62.1 Å². The second-order valence-electron chi connectivity index (χ2n) is 23.2. The average molecular weight is 1200 g/mol. The predicted molar refractivity (Wildman–Crippen MR) is 325 cm³/mol. The van der Waals surface area contributed by atoms with Crippen LogP contribution < -0.4 is 32.3 Å². The Morgan fingerprint density at radius 3 is 1.51 bits per heavy atom. The fourth-order valence-electron chi connectivity index (χ4n) is 10.3. The van der Waals surface area contributed by atoms with E-state index in [9.17, 15) is 48.3 Å². The van der Waals surface area contributed by atoms with E-state index >= 15 is 0 Å². The van der Waals surface area contributed by atoms with E-state index in [-0.39, 0.29) is 151 Å². The Morgan fingerprint density at radius 2 is 1.00 bits per heavy atom. The van der Waals surface area contributed by atoms with Gasteiger partial charge in [0.2, 0.25) is 35.4 Å². The molecule has 2 unspecified atom stereocenters. The Hall–Kier alpha value is -5.51. The van der Waals surface area contributed by atoms with Crippen LogP contribution >= 0.6 is 0 Å². The molecule has 0 radical (unpaired) electrons. The van der Waals surface area contributed by atoms with Crippen molar-refractivity contribution in [3.8, 4) is 0 Å². The molecule has 0 bridgehead atoms. The molecule has 1 fully saturated rings. The van der Waals surface area contributed by atoms with E-state index in [4.69, 9.17) is 29.8 Å². The zero-order valence-electron chi connectivity index (χ0n) is 51.8. The number of Topliss-reactive ketones (excluding diaryl/α,β-unsaturated/α-hetero) is 1. The monoisotopic (exact) mass is 1200 g/mol. The number of aliphatic carboxylic acids is 2. The van der Waals surface area contributed by atoms with Crippen molar-refractivity contribution in [3.05, 3.63) is 35.4 Å². The lowest BCUT2D eigenvalue weighted by molar-refractivity contribution is -0.143. The van der Waals surface area contributed by atoms with E-state index in [1.807, 2.05) is 38.1 Å². The highest BCUT2D eigenvalue weighted by molar-refractivity contribution is 5.86. The number of primary amides is 1. The number of carboxylic acid groups (broad SMARTS) is 2. The summed E-state index contributed by atoms with van der Waals surface area (Å²) < 4.78 is 21.6. The van der Waals surface area contributed by atoms with Crippen LogP contribution in [0.3, 0.4) is 0 Å². The first kappa shape index (κ1) is 75.6. The van der Waals surface area contributed by atoms with Gasteiger partial charge in [0.05, 0.1) is 39.6 Å². The number of aryl methyl sites for hydroxylation is 1. The van der Waals surface area contributed by atoms with Crippen molar-refractivity contribution in [2.75, 3.05) is 79.0 Å². The van der Waals surface area contributed by atoms with Gasteiger partial charge in [-0.25, -0.2) is 4.79 Å². The Balaban J connectivity index is 1.37. The van der Waals surface area contributed by atoms with Crippen molar-refractivity contribution in [3.63, 3.8) is 0 Å². The number of benzene rings is 1. The first-order chi connectivity index (χ1) is 41.0. The minimum atomic E-state index is -1.21. The quantitative estimate of drug-likeness (QED) is 0.0289. The Labute approximate surface area is 506 Å². The van der Waals surface area contributed by atoms with Crippen molar-refractivity contribution >= 4 is 53.2 Å². The molecular weight excluding hydrogens is 1090 g/mol. The number of carbonyl (C=O) groups is 9. The van der Waals surface area contributed by atoms with E-state index in [0.29, 0.717) is 45.2 Å². The third kappa shape index (κ3) is 39.7. The summed E-state index contributed by atoms with van der Waals surface area (Å²) in [4.78, 5) is 110. The molecule has 21 heteroatoms. The fourth-order valence-corrected chi connectivity index (χ4v) is 10.3. The van der Waals surface area contributed by atoms with Crippen molar-refractivity contribution in [2.45, 2.75) is 213 Å². The smallest absolute Gasteiger partial charge is 0.326 e. The fraction of sp³-hybridized carbons (Fsp3) is 0.766. The van der Waals surface area contributed by atoms with E-state index in [1.54, 1.807) is 6.92 Å². The van der Waals surface area contributed by atoms with Gasteiger partial charge in [0.25, 0.3) is 0 Å². The number of nitrogens with two attached hydrogens (primary N) is 1. The molecule has 21 nitrogen and oxygen atoms in total. The lowest BCUT2D eigenvalue weighted by Gasteiger charge is -2.28. The summed E-state index contributed by atoms with van der Waals surface area (Å²) in [5.41, 5.74) is 7.62. The first-order valence-electron chi connectivity index (χ1n) is 32.0. The van der Waals surface area contributed by atoms with Crippen LogP contribution in [0.2, 0.25) is 0 Å². The second kappa shape index (κ2) is 48.6. The van der Waals surface area contributed by atoms with Crippen LogP contribution in [0.25, 0.3) is 0 Å². The summed E-state index contributed by atoms with van der Waals surface area (Å²) in [5, 5.41) is 32.3. The van der Waals surface area contributed by atoms with Gasteiger partial charge in [-0.2, -0.15) is 0 Å². The van der Waals surface area contributed by atoms with Crippen molar-refractivity contribution in [1.29, 1.82) is 0 Å². The normalized spacial score (nSPS) is 15.4. The van der Waals surface area contributed by atoms with Gasteiger partial charge in [-0.1, -0.05) is 140 Å². The second-order valence-corrected chi connectivity index (χ2v) is 23.2. The van der Waals surface area contributed by atoms with Gasteiger partial charge in [-0.05, 0) is 76.2 Å². The lowest BCUT2D eigenvalue weighted by atomic mass is 9.80. The van der Waals surface area contributed by atoms with Crippen LogP contribution in [0.1, 0.15) is 211 Å². The van der Waals surface area contributed by atoms with Gasteiger partial charge in [-0.3, -0.25) is 38.4 Å². The molecule has 1 saturated carbocycles. The zero-order valence-corrected chi connectivity index (χ0v) is 51.8. The molecule has 1 aliphatic rings. The van der Waals surface area contributed by atoms with Crippen molar-refractivity contribution in [1.82, 2.24) is 26.6 Å². The number of hydrogen-bond donors (Lipinski definition) is 8. The number of carboxylic acids is 2. The zero-order chi connectivity index (χ0) is 62.3. The van der Waals surface area contributed by atoms with E-state index in [2.05, 4.69) is 26.6 Å². The third-order valence-electron chi connectivity index (χ3n) is 15.9. The molecular formula is C64H108N6O15. The molecule has 0 aromatic heterocycles. The number of nitrogens with one attached hydrogen (secondary N) is 5. The Kier molecular flexibility index (Phi) is 43.2. The van der Waals surface area contributed by atoms with Crippen LogP contribution in [0.5, 0.6) is 0 Å². The maximum Gasteiger partial charge on any atom is 0.326 e. The summed E-state index contributed by atoms with van der Waals surface area (Å²) in [6.45, 7) is 7.95. The maximum absolute atomic E-state index is 13.1. The molecule has 484 valence electrons. The molecule has 0 spiro atoms. The standard InChI is InChI=1S/C64H108N6O15/c1-48-25-29-52(30-26-48)54(50(3)62(65)78)44-56(71)49(2)22-20-21-35-66-59(74)46-84-42-41-83-39-37-68-60(75)47-85-43-40-82-38-36-67-58(73)34-33-55(64(80)81)70-63(79)53-31-27-51(28-32-53)45-69-57(72)23-18-16-14-12-10-8-6-4-5-7-9-11-13-15-17-19-24-61(76)77/h25-26,29-30,49-51,53-55H,4-24,27-28,31-47H2,1-3H3,(H2,65,78)(H,66,74)(H,67,73)(H,68,75)(H,69,72)(H,70,79)(H,76,77)(H,80,81)/t49-,50-,51?,53?,54?,55?/m0/s1. The number of carbonyl (C=O) groups excluding carboxylic acids is 7. The highest BCUT2D eigenvalue weighted by Crippen LogP contribution is 2.31. The van der Waals surface area contributed by atoms with Crippen molar-refractivity contribution in [2.24, 2.45) is 29.4 Å². The molecule has 0 saturated heterocycles. The summed E-state index contributed by atoms with van der Waals surface area (Å²) in [5.74, 6) is -4.48. The number of unbranched alkanes of at least 4 members (excludes halogenated alkanes) is 16. The molecule has 1 aromatic carbocycles. The van der Waals surface area contributed by atoms with Gasteiger partial charge in [0.15, 0.2) is 0 Å². The highest BCUT2D eigenvalue weighted by atomic mass is 16.5. The van der Waals surface area contributed by atoms with Crippen LogP contribution in [0.4, 0.5) is 0 Å². The molecule has 9 N–H and O–H groups in total. The van der Waals surface area contributed by atoms with E-state index in [0.717, 1.165) is 68.9 Å².